The maximum Gasteiger partial charge on any atom is 0.319 e. The lowest BCUT2D eigenvalue weighted by atomic mass is 10.1. The molecule has 0 saturated carbocycles. The molecular formula is C24H28N4O5S. The van der Waals surface area contributed by atoms with Crippen molar-refractivity contribution in [2.45, 2.75) is 26.4 Å². The molecule has 0 bridgehead atoms. The number of amides is 1. The molecule has 10 heteroatoms. The zero-order chi connectivity index (χ0) is 24.5. The molecule has 0 fully saturated rings. The van der Waals surface area contributed by atoms with Crippen molar-refractivity contribution in [2.24, 2.45) is 0 Å². The number of nitrogens with zero attached hydrogens (tertiary/aromatic N) is 3. The molecule has 0 unspecified atom stereocenters. The first-order valence-corrected chi connectivity index (χ1v) is 11.5. The molecule has 1 heterocycles. The normalized spacial score (nSPS) is 10.7. The zero-order valence-corrected chi connectivity index (χ0v) is 20.5. The Bertz CT molecular complexity index is 1090. The van der Waals surface area contributed by atoms with Crippen LogP contribution >= 0.6 is 11.3 Å². The number of anilines is 1. The summed E-state index contributed by atoms with van der Waals surface area (Å²) in [7, 11) is 4.50. The Labute approximate surface area is 202 Å². The molecule has 0 aliphatic rings. The summed E-state index contributed by atoms with van der Waals surface area (Å²) in [5.74, 6) is 0.585. The van der Waals surface area contributed by atoms with E-state index in [4.69, 9.17) is 14.2 Å². The highest BCUT2D eigenvalue weighted by Crippen LogP contribution is 2.24. The van der Waals surface area contributed by atoms with Crippen LogP contribution in [-0.2, 0) is 29.0 Å². The van der Waals surface area contributed by atoms with Gasteiger partial charge < -0.3 is 19.5 Å². The molecule has 0 saturated heterocycles. The van der Waals surface area contributed by atoms with Gasteiger partial charge in [-0.05, 0) is 41.8 Å². The maximum absolute atomic E-state index is 12.6. The van der Waals surface area contributed by atoms with Crippen LogP contribution in [0.2, 0.25) is 0 Å². The number of hydrogen-bond donors (Lipinski definition) is 1. The molecular weight excluding hydrogens is 456 g/mol. The van der Waals surface area contributed by atoms with E-state index in [-0.39, 0.29) is 23.4 Å². The lowest BCUT2D eigenvalue weighted by Gasteiger charge is -2.20. The summed E-state index contributed by atoms with van der Waals surface area (Å²) in [6.07, 6.45) is 0.929. The Morgan fingerprint density at radius 2 is 1.62 bits per heavy atom. The first-order chi connectivity index (χ1) is 16.4. The van der Waals surface area contributed by atoms with Gasteiger partial charge in [0.15, 0.2) is 0 Å². The Hall–Kier alpha value is -3.50. The van der Waals surface area contributed by atoms with Gasteiger partial charge in [0.1, 0.15) is 16.5 Å². The van der Waals surface area contributed by atoms with Gasteiger partial charge >= 0.3 is 5.97 Å². The van der Waals surface area contributed by atoms with Crippen molar-refractivity contribution >= 4 is 28.9 Å². The minimum Gasteiger partial charge on any atom is -0.497 e. The topological polar surface area (TPSA) is 103 Å². The number of esters is 1. The quantitative estimate of drug-likeness (QED) is 0.412. The lowest BCUT2D eigenvalue weighted by Crippen LogP contribution is -2.29. The summed E-state index contributed by atoms with van der Waals surface area (Å²) < 4.78 is 15.5. The predicted octanol–water partition coefficient (Wildman–Crippen LogP) is 3.55. The number of benzene rings is 2. The van der Waals surface area contributed by atoms with Crippen LogP contribution in [0.1, 0.15) is 32.9 Å². The standard InChI is InChI=1S/C24H28N4O5S/c1-5-16-6-8-18(9-7-16)25-23(30)24-27-26-21(34-24)14-28(15-22(29)33-4)13-17-10-19(31-2)12-20(11-17)32-3/h6-12H,5,13-15H2,1-4H3,(H,25,30). The molecule has 180 valence electrons. The van der Waals surface area contributed by atoms with Crippen LogP contribution in [0.15, 0.2) is 42.5 Å². The Kier molecular flexibility index (Phi) is 8.94. The molecule has 0 radical (unpaired) electrons. The van der Waals surface area contributed by atoms with Crippen LogP contribution in [0.25, 0.3) is 0 Å². The predicted molar refractivity (Wildman–Crippen MR) is 129 cm³/mol. The average Bonchev–Trinajstić information content (AvgIpc) is 3.32. The minimum atomic E-state index is -0.382. The Balaban J connectivity index is 1.71. The van der Waals surface area contributed by atoms with Crippen molar-refractivity contribution in [3.05, 3.63) is 63.6 Å². The van der Waals surface area contributed by atoms with Crippen molar-refractivity contribution in [1.29, 1.82) is 0 Å². The van der Waals surface area contributed by atoms with Gasteiger partial charge in [0, 0.05) is 18.3 Å². The lowest BCUT2D eigenvalue weighted by molar-refractivity contribution is -0.142. The van der Waals surface area contributed by atoms with Gasteiger partial charge in [-0.3, -0.25) is 14.5 Å². The fraction of sp³-hybridized carbons (Fsp3) is 0.333. The van der Waals surface area contributed by atoms with Crippen LogP contribution in [-0.4, -0.2) is 54.8 Å². The third-order valence-corrected chi connectivity index (χ3v) is 5.94. The van der Waals surface area contributed by atoms with Crippen molar-refractivity contribution in [3.63, 3.8) is 0 Å². The summed E-state index contributed by atoms with van der Waals surface area (Å²) in [4.78, 5) is 26.5. The van der Waals surface area contributed by atoms with E-state index in [1.165, 1.54) is 24.0 Å². The van der Waals surface area contributed by atoms with Gasteiger partial charge in [0.2, 0.25) is 5.01 Å². The van der Waals surface area contributed by atoms with Gasteiger partial charge in [-0.1, -0.05) is 30.4 Å². The Morgan fingerprint density at radius 3 is 2.21 bits per heavy atom. The van der Waals surface area contributed by atoms with Crippen molar-refractivity contribution in [1.82, 2.24) is 15.1 Å². The number of nitrogens with one attached hydrogen (secondary N) is 1. The van der Waals surface area contributed by atoms with E-state index in [0.29, 0.717) is 35.3 Å². The molecule has 0 atom stereocenters. The van der Waals surface area contributed by atoms with Gasteiger partial charge in [0.25, 0.3) is 5.91 Å². The third kappa shape index (κ3) is 7.00. The van der Waals surface area contributed by atoms with E-state index < -0.39 is 0 Å². The number of carbonyl (C=O) groups is 2. The SMILES string of the molecule is CCc1ccc(NC(=O)c2nnc(CN(CC(=O)OC)Cc3cc(OC)cc(OC)c3)s2)cc1. The number of hydrogen-bond acceptors (Lipinski definition) is 9. The Morgan fingerprint density at radius 1 is 0.941 bits per heavy atom. The monoisotopic (exact) mass is 484 g/mol. The van der Waals surface area contributed by atoms with Gasteiger partial charge in [-0.2, -0.15) is 0 Å². The van der Waals surface area contributed by atoms with Gasteiger partial charge in [-0.15, -0.1) is 10.2 Å². The van der Waals surface area contributed by atoms with Crippen LogP contribution < -0.4 is 14.8 Å². The van der Waals surface area contributed by atoms with Crippen LogP contribution in [0.3, 0.4) is 0 Å². The summed E-state index contributed by atoms with van der Waals surface area (Å²) >= 11 is 1.18. The fourth-order valence-corrected chi connectivity index (χ4v) is 4.02. The van der Waals surface area contributed by atoms with E-state index in [2.05, 4.69) is 22.4 Å². The summed E-state index contributed by atoms with van der Waals surface area (Å²) in [6.45, 7) is 2.84. The molecule has 34 heavy (non-hydrogen) atoms. The summed E-state index contributed by atoms with van der Waals surface area (Å²) in [6, 6.07) is 13.2. The third-order valence-electron chi connectivity index (χ3n) is 5.04. The molecule has 0 aliphatic heterocycles. The minimum absolute atomic E-state index is 0.0426. The van der Waals surface area contributed by atoms with Crippen molar-refractivity contribution in [2.75, 3.05) is 33.2 Å². The van der Waals surface area contributed by atoms with Crippen molar-refractivity contribution in [3.8, 4) is 11.5 Å². The average molecular weight is 485 g/mol. The molecule has 0 spiro atoms. The largest absolute Gasteiger partial charge is 0.497 e. The second-order valence-electron chi connectivity index (χ2n) is 7.45. The molecule has 9 nitrogen and oxygen atoms in total. The smallest absolute Gasteiger partial charge is 0.319 e. The summed E-state index contributed by atoms with van der Waals surface area (Å²) in [5.41, 5.74) is 2.77. The number of ether oxygens (including phenoxy) is 3. The zero-order valence-electron chi connectivity index (χ0n) is 19.7. The van der Waals surface area contributed by atoms with E-state index in [0.717, 1.165) is 12.0 Å². The molecule has 3 rings (SSSR count). The molecule has 3 aromatic rings. The first-order valence-electron chi connectivity index (χ1n) is 10.7. The van der Waals surface area contributed by atoms with Gasteiger partial charge in [0.05, 0.1) is 34.4 Å². The fourth-order valence-electron chi connectivity index (χ4n) is 3.24. The number of aromatic nitrogens is 2. The number of methoxy groups -OCH3 is 3. The number of aryl methyl sites for hydroxylation is 1. The summed E-state index contributed by atoms with van der Waals surface area (Å²) in [5, 5.41) is 11.9. The molecule has 1 aromatic heterocycles. The highest BCUT2D eigenvalue weighted by atomic mass is 32.1. The second-order valence-corrected chi connectivity index (χ2v) is 8.51. The first kappa shape index (κ1) is 25.1. The highest BCUT2D eigenvalue weighted by Gasteiger charge is 2.18. The van der Waals surface area contributed by atoms with Crippen molar-refractivity contribution < 1.29 is 23.8 Å². The maximum atomic E-state index is 12.6. The molecule has 2 aromatic carbocycles. The molecule has 1 N–H and O–H groups in total. The highest BCUT2D eigenvalue weighted by molar-refractivity contribution is 7.13. The van der Waals surface area contributed by atoms with E-state index in [1.807, 2.05) is 41.3 Å². The molecule has 1 amide bonds. The molecule has 0 aliphatic carbocycles. The number of rotatable bonds is 11. The van der Waals surface area contributed by atoms with E-state index >= 15 is 0 Å². The van der Waals surface area contributed by atoms with Gasteiger partial charge in [-0.25, -0.2) is 0 Å². The van der Waals surface area contributed by atoms with E-state index in [1.54, 1.807) is 20.3 Å². The van der Waals surface area contributed by atoms with Crippen LogP contribution in [0.5, 0.6) is 11.5 Å². The van der Waals surface area contributed by atoms with Crippen LogP contribution in [0, 0.1) is 0 Å². The van der Waals surface area contributed by atoms with Crippen LogP contribution in [0.4, 0.5) is 5.69 Å². The number of carbonyl (C=O) groups excluding carboxylic acids is 2. The second kappa shape index (κ2) is 12.1. The van der Waals surface area contributed by atoms with E-state index in [9.17, 15) is 9.59 Å².